The van der Waals surface area contributed by atoms with Crippen molar-refractivity contribution < 1.29 is 42.1 Å². The molecule has 9 nitrogen and oxygen atoms in total. The summed E-state index contributed by atoms with van der Waals surface area (Å²) in [6.45, 7) is 8.89. The highest BCUT2D eigenvalue weighted by Crippen LogP contribution is 2.52. The summed E-state index contributed by atoms with van der Waals surface area (Å²) in [7, 11) is 1.29. The summed E-state index contributed by atoms with van der Waals surface area (Å²) < 4.78 is 58.4. The van der Waals surface area contributed by atoms with E-state index in [2.05, 4.69) is 9.97 Å². The van der Waals surface area contributed by atoms with Crippen LogP contribution in [0.2, 0.25) is 0 Å². The lowest BCUT2D eigenvalue weighted by molar-refractivity contribution is -0.154. The number of carboxylic acid groups (broad SMARTS) is 1. The summed E-state index contributed by atoms with van der Waals surface area (Å²) in [4.78, 5) is 36.9. The number of rotatable bonds is 9. The van der Waals surface area contributed by atoms with E-state index in [-0.39, 0.29) is 41.9 Å². The average molecular weight is 608 g/mol. The number of carbonyl (C=O) groups excluding carboxylic acids is 1. The molecule has 1 aliphatic carbocycles. The Bertz CT molecular complexity index is 1310. The molecule has 1 aliphatic heterocycles. The number of hydrogen-bond donors (Lipinski definition) is 1. The number of alkyl halides is 3. The summed E-state index contributed by atoms with van der Waals surface area (Å²) in [5.74, 6) is -2.38. The van der Waals surface area contributed by atoms with Crippen molar-refractivity contribution in [1.29, 1.82) is 0 Å². The van der Waals surface area contributed by atoms with Gasteiger partial charge in [-0.1, -0.05) is 33.6 Å². The number of halogens is 3. The number of amides is 1. The van der Waals surface area contributed by atoms with Gasteiger partial charge in [0.15, 0.2) is 0 Å². The van der Waals surface area contributed by atoms with E-state index < -0.39 is 47.2 Å². The maximum atomic E-state index is 14.2. The summed E-state index contributed by atoms with van der Waals surface area (Å²) >= 11 is 0. The second-order valence-electron chi connectivity index (χ2n) is 12.6. The number of aromatic nitrogens is 2. The number of carbonyl (C=O) groups is 2. The molecule has 2 fully saturated rings. The summed E-state index contributed by atoms with van der Waals surface area (Å²) in [5, 5.41) is 10.6. The minimum absolute atomic E-state index is 0.0426. The van der Waals surface area contributed by atoms with Gasteiger partial charge in [0.05, 0.1) is 37.5 Å². The molecule has 0 aromatic carbocycles. The lowest BCUT2D eigenvalue weighted by atomic mass is 9.73. The smallest absolute Gasteiger partial charge is 0.417 e. The molecule has 1 saturated heterocycles. The molecule has 0 radical (unpaired) electrons. The quantitative estimate of drug-likeness (QED) is 0.366. The first-order valence-electron chi connectivity index (χ1n) is 14.5. The van der Waals surface area contributed by atoms with Crippen molar-refractivity contribution in [3.05, 3.63) is 47.3 Å². The normalized spacial score (nSPS) is 23.2. The third-order valence-electron chi connectivity index (χ3n) is 8.16. The minimum Gasteiger partial charge on any atom is -0.481 e. The van der Waals surface area contributed by atoms with E-state index in [9.17, 15) is 27.9 Å². The molecular weight excluding hydrogens is 567 g/mol. The first-order chi connectivity index (χ1) is 20.1. The lowest BCUT2D eigenvalue weighted by Gasteiger charge is -2.35. The largest absolute Gasteiger partial charge is 0.481 e. The van der Waals surface area contributed by atoms with E-state index in [4.69, 9.17) is 14.2 Å². The molecule has 1 amide bonds. The highest BCUT2D eigenvalue weighted by Gasteiger charge is 2.60. The number of likely N-dealkylation sites (tertiary alicyclic amines) is 1. The fourth-order valence-electron chi connectivity index (χ4n) is 6.37. The number of carboxylic acids is 1. The van der Waals surface area contributed by atoms with Crippen LogP contribution < -0.4 is 9.47 Å². The number of aliphatic carboxylic acids is 1. The van der Waals surface area contributed by atoms with Crippen LogP contribution in [0.4, 0.5) is 13.2 Å². The fraction of sp³-hybridized carbons (Fsp3) is 0.613. The van der Waals surface area contributed by atoms with Crippen molar-refractivity contribution in [1.82, 2.24) is 14.9 Å². The van der Waals surface area contributed by atoms with E-state index in [1.165, 1.54) is 12.0 Å². The maximum Gasteiger partial charge on any atom is 0.417 e. The third kappa shape index (κ3) is 6.89. The molecule has 43 heavy (non-hydrogen) atoms. The predicted octanol–water partition coefficient (Wildman–Crippen LogP) is 6.07. The van der Waals surface area contributed by atoms with E-state index in [1.54, 1.807) is 18.3 Å². The van der Waals surface area contributed by atoms with Crippen molar-refractivity contribution in [3.63, 3.8) is 0 Å². The Morgan fingerprint density at radius 2 is 1.79 bits per heavy atom. The Kier molecular flexibility index (Phi) is 9.58. The molecule has 4 atom stereocenters. The molecular formula is C31H40F3N3O6. The number of methoxy groups -OCH3 is 1. The van der Waals surface area contributed by atoms with E-state index in [0.29, 0.717) is 24.6 Å². The topological polar surface area (TPSA) is 111 Å². The first kappa shape index (κ1) is 32.5. The Balaban J connectivity index is 1.88. The predicted molar refractivity (Wildman–Crippen MR) is 150 cm³/mol. The third-order valence-corrected chi connectivity index (χ3v) is 8.16. The highest BCUT2D eigenvalue weighted by atomic mass is 19.4. The summed E-state index contributed by atoms with van der Waals surface area (Å²) in [6.07, 6.45) is -0.609. The zero-order valence-corrected chi connectivity index (χ0v) is 25.4. The van der Waals surface area contributed by atoms with Gasteiger partial charge >= 0.3 is 12.1 Å². The van der Waals surface area contributed by atoms with Gasteiger partial charge in [0.1, 0.15) is 6.04 Å². The van der Waals surface area contributed by atoms with Crippen LogP contribution in [0, 0.1) is 17.3 Å². The monoisotopic (exact) mass is 607 g/mol. The molecule has 1 saturated carbocycles. The SMILES string of the molecule is COc1ncc(C(F)(F)F)cc1CO[C@@H]1[C@H](C(C)(C)C)[C@@H](C(=O)O)N(C(=O)C2CCCC2)[C@H]1c1cccnc1OC(C)C. The van der Waals surface area contributed by atoms with Crippen LogP contribution in [0.1, 0.15) is 83.0 Å². The van der Waals surface area contributed by atoms with E-state index in [1.807, 2.05) is 34.6 Å². The van der Waals surface area contributed by atoms with Gasteiger partial charge in [-0.05, 0) is 50.3 Å². The number of nitrogens with zero attached hydrogens (tertiary/aromatic N) is 3. The highest BCUT2D eigenvalue weighted by molar-refractivity contribution is 5.87. The fourth-order valence-corrected chi connectivity index (χ4v) is 6.37. The summed E-state index contributed by atoms with van der Waals surface area (Å²) in [6, 6.07) is 2.12. The Labute approximate surface area is 249 Å². The molecule has 0 bridgehead atoms. The number of hydrogen-bond acceptors (Lipinski definition) is 7. The van der Waals surface area contributed by atoms with Crippen LogP contribution in [0.5, 0.6) is 11.8 Å². The standard InChI is InChI=1S/C31H40F3N3O6/c1-17(2)43-27-21(12-9-13-35-27)23-25(42-16-19-14-20(31(32,33)34)15-36-26(19)41-6)22(30(3,4)5)24(29(39)40)37(23)28(38)18-10-7-8-11-18/h9,12-15,17-18,22-25H,7-8,10-11,16H2,1-6H3,(H,39,40)/t22-,23+,24+,25-/m1/s1. The molecule has 1 N–H and O–H groups in total. The van der Waals surface area contributed by atoms with Gasteiger partial charge in [-0.15, -0.1) is 0 Å². The molecule has 0 spiro atoms. The second kappa shape index (κ2) is 12.7. The van der Waals surface area contributed by atoms with E-state index in [0.717, 1.165) is 18.9 Å². The number of pyridine rings is 2. The molecule has 0 unspecified atom stereocenters. The zero-order valence-electron chi connectivity index (χ0n) is 25.4. The van der Waals surface area contributed by atoms with Crippen molar-refractivity contribution in [2.24, 2.45) is 17.3 Å². The Hall–Kier alpha value is -3.41. The molecule has 12 heteroatoms. The van der Waals surface area contributed by atoms with Gasteiger partial charge in [-0.3, -0.25) is 4.79 Å². The molecule has 3 heterocycles. The van der Waals surface area contributed by atoms with Gasteiger partial charge in [-0.2, -0.15) is 13.2 Å². The molecule has 4 rings (SSSR count). The van der Waals surface area contributed by atoms with Crippen LogP contribution in [-0.4, -0.2) is 57.2 Å². The van der Waals surface area contributed by atoms with Gasteiger partial charge in [-0.25, -0.2) is 14.8 Å². The van der Waals surface area contributed by atoms with Gasteiger partial charge in [0.2, 0.25) is 17.7 Å². The van der Waals surface area contributed by atoms with Gasteiger partial charge < -0.3 is 24.2 Å². The first-order valence-corrected chi connectivity index (χ1v) is 14.5. The van der Waals surface area contributed by atoms with Gasteiger partial charge in [0.25, 0.3) is 0 Å². The van der Waals surface area contributed by atoms with Crippen LogP contribution in [-0.2, 0) is 27.1 Å². The van der Waals surface area contributed by atoms with Crippen molar-refractivity contribution in [2.45, 2.75) is 97.4 Å². The summed E-state index contributed by atoms with van der Waals surface area (Å²) in [5.41, 5.74) is -1.15. The molecule has 2 aromatic rings. The van der Waals surface area contributed by atoms with E-state index >= 15 is 0 Å². The molecule has 2 aromatic heterocycles. The van der Waals surface area contributed by atoms with Crippen LogP contribution in [0.25, 0.3) is 0 Å². The Morgan fingerprint density at radius 3 is 2.35 bits per heavy atom. The van der Waals surface area contributed by atoms with Crippen LogP contribution in [0.15, 0.2) is 30.6 Å². The van der Waals surface area contributed by atoms with Crippen molar-refractivity contribution in [2.75, 3.05) is 7.11 Å². The van der Waals surface area contributed by atoms with Crippen LogP contribution >= 0.6 is 0 Å². The lowest BCUT2D eigenvalue weighted by Crippen LogP contribution is -2.48. The van der Waals surface area contributed by atoms with Gasteiger partial charge in [0, 0.05) is 35.4 Å². The van der Waals surface area contributed by atoms with Crippen molar-refractivity contribution >= 4 is 11.9 Å². The van der Waals surface area contributed by atoms with Crippen molar-refractivity contribution in [3.8, 4) is 11.8 Å². The average Bonchev–Trinajstić information content (AvgIpc) is 3.57. The van der Waals surface area contributed by atoms with Crippen LogP contribution in [0.3, 0.4) is 0 Å². The maximum absolute atomic E-state index is 14.2. The second-order valence-corrected chi connectivity index (χ2v) is 12.6. The molecule has 2 aliphatic rings. The number of ether oxygens (including phenoxy) is 3. The minimum atomic E-state index is -4.64. The zero-order chi connectivity index (χ0) is 31.7. The molecule has 236 valence electrons. The Morgan fingerprint density at radius 1 is 1.12 bits per heavy atom.